The molecule has 0 saturated carbocycles. The molecule has 2 heterocycles. The number of unbranched alkanes of at least 4 members (excludes halogenated alkanes) is 1. The third kappa shape index (κ3) is 4.07. The highest BCUT2D eigenvalue weighted by molar-refractivity contribution is 6.02. The summed E-state index contributed by atoms with van der Waals surface area (Å²) in [7, 11) is 0. The Labute approximate surface area is 195 Å². The number of aromatic amines is 1. The summed E-state index contributed by atoms with van der Waals surface area (Å²) in [4.78, 5) is 19.2. The first-order chi connectivity index (χ1) is 16.3. The van der Waals surface area contributed by atoms with E-state index in [2.05, 4.69) is 66.5 Å². The van der Waals surface area contributed by atoms with Crippen molar-refractivity contribution in [2.24, 2.45) is 0 Å². The number of carbonyl (C=O) groups is 1. The summed E-state index contributed by atoms with van der Waals surface area (Å²) in [5.74, 6) is 0.105. The molecular formula is C29H30N2O2. The number of H-pyrrole nitrogens is 1. The second-order valence-electron chi connectivity index (χ2n) is 8.63. The van der Waals surface area contributed by atoms with Crippen molar-refractivity contribution in [3.8, 4) is 11.3 Å². The van der Waals surface area contributed by atoms with Crippen molar-refractivity contribution in [2.45, 2.75) is 32.2 Å². The lowest BCUT2D eigenvalue weighted by atomic mass is 9.93. The molecule has 1 N–H and O–H groups in total. The van der Waals surface area contributed by atoms with Gasteiger partial charge >= 0.3 is 0 Å². The van der Waals surface area contributed by atoms with E-state index in [4.69, 9.17) is 4.74 Å². The Morgan fingerprint density at radius 3 is 2.45 bits per heavy atom. The Kier molecular flexibility index (Phi) is 6.27. The number of hydrogen-bond donors (Lipinski definition) is 1. The number of aromatic nitrogens is 1. The summed E-state index contributed by atoms with van der Waals surface area (Å²) in [6.45, 7) is 4.29. The lowest BCUT2D eigenvalue weighted by Gasteiger charge is -2.27. The van der Waals surface area contributed by atoms with E-state index < -0.39 is 0 Å². The van der Waals surface area contributed by atoms with Crippen LogP contribution in [-0.2, 0) is 4.74 Å². The summed E-state index contributed by atoms with van der Waals surface area (Å²) in [6, 6.07) is 26.7. The Morgan fingerprint density at radius 1 is 0.879 bits per heavy atom. The fraction of sp³-hybridized carbons (Fsp3) is 0.276. The number of hydrogen-bond acceptors (Lipinski definition) is 2. The van der Waals surface area contributed by atoms with Gasteiger partial charge in [-0.1, -0.05) is 80.1 Å². The largest absolute Gasteiger partial charge is 0.381 e. The predicted octanol–water partition coefficient (Wildman–Crippen LogP) is 6.59. The van der Waals surface area contributed by atoms with E-state index in [9.17, 15) is 4.79 Å². The maximum absolute atomic E-state index is 13.5. The summed E-state index contributed by atoms with van der Waals surface area (Å²) < 4.78 is 5.79. The molecule has 0 saturated heterocycles. The van der Waals surface area contributed by atoms with Crippen LogP contribution >= 0.6 is 0 Å². The molecule has 1 amide bonds. The van der Waals surface area contributed by atoms with Gasteiger partial charge in [0, 0.05) is 41.8 Å². The minimum absolute atomic E-state index is 0.105. The zero-order valence-corrected chi connectivity index (χ0v) is 19.1. The fourth-order valence-corrected chi connectivity index (χ4v) is 4.88. The Hall–Kier alpha value is -3.37. The SMILES string of the molecule is CCCCOCCCN1C(=O)c2ccccc2[C@@H]1c1c(-c2ccccc2)[nH]c2ccccc12. The molecule has 5 rings (SSSR count). The van der Waals surface area contributed by atoms with Crippen molar-refractivity contribution in [3.05, 3.63) is 95.6 Å². The average molecular weight is 439 g/mol. The third-order valence-corrected chi connectivity index (χ3v) is 6.47. The van der Waals surface area contributed by atoms with Crippen LogP contribution in [0, 0.1) is 0 Å². The Bertz CT molecular complexity index is 1240. The highest BCUT2D eigenvalue weighted by Gasteiger charge is 2.39. The second kappa shape index (κ2) is 9.63. The van der Waals surface area contributed by atoms with Crippen molar-refractivity contribution < 1.29 is 9.53 Å². The van der Waals surface area contributed by atoms with Crippen LogP contribution in [0.25, 0.3) is 22.2 Å². The zero-order valence-electron chi connectivity index (χ0n) is 19.1. The standard InChI is InChI=1S/C29H30N2O2/c1-2-3-19-33-20-11-18-31-28(22-14-7-8-15-23(22)29(31)32)26-24-16-9-10-17-25(24)30-27(26)21-12-5-4-6-13-21/h4-10,12-17,28,30H,2-3,11,18-20H2,1H3/t28-/m1/s1. The van der Waals surface area contributed by atoms with E-state index in [1.54, 1.807) is 0 Å². The van der Waals surface area contributed by atoms with E-state index in [-0.39, 0.29) is 11.9 Å². The molecule has 1 aliphatic rings. The first-order valence-electron chi connectivity index (χ1n) is 11.9. The summed E-state index contributed by atoms with van der Waals surface area (Å²) in [6.07, 6.45) is 3.03. The molecule has 1 aliphatic heterocycles. The van der Waals surface area contributed by atoms with Crippen molar-refractivity contribution >= 4 is 16.8 Å². The molecule has 4 aromatic rings. The van der Waals surface area contributed by atoms with Gasteiger partial charge < -0.3 is 14.6 Å². The number of ether oxygens (including phenoxy) is 1. The van der Waals surface area contributed by atoms with E-state index >= 15 is 0 Å². The predicted molar refractivity (Wildman–Crippen MR) is 133 cm³/mol. The van der Waals surface area contributed by atoms with E-state index in [1.807, 2.05) is 29.2 Å². The van der Waals surface area contributed by atoms with Crippen molar-refractivity contribution in [2.75, 3.05) is 19.8 Å². The zero-order chi connectivity index (χ0) is 22.6. The van der Waals surface area contributed by atoms with Crippen molar-refractivity contribution in [1.29, 1.82) is 0 Å². The van der Waals surface area contributed by atoms with Gasteiger partial charge in [0.25, 0.3) is 5.91 Å². The van der Waals surface area contributed by atoms with Gasteiger partial charge in [0.05, 0.1) is 11.7 Å². The summed E-state index contributed by atoms with van der Waals surface area (Å²) in [5.41, 5.74) is 6.35. The molecule has 0 spiro atoms. The molecule has 4 heteroatoms. The maximum atomic E-state index is 13.5. The molecule has 0 fully saturated rings. The number of para-hydroxylation sites is 1. The van der Waals surface area contributed by atoms with Gasteiger partial charge in [-0.25, -0.2) is 0 Å². The minimum atomic E-state index is -0.129. The van der Waals surface area contributed by atoms with Gasteiger partial charge in [-0.3, -0.25) is 4.79 Å². The Morgan fingerprint density at radius 2 is 1.61 bits per heavy atom. The Balaban J connectivity index is 1.57. The van der Waals surface area contributed by atoms with Crippen LogP contribution in [0.4, 0.5) is 0 Å². The average Bonchev–Trinajstić information content (AvgIpc) is 3.37. The summed E-state index contributed by atoms with van der Waals surface area (Å²) in [5, 5.41) is 1.16. The van der Waals surface area contributed by atoms with Gasteiger partial charge in [0.15, 0.2) is 0 Å². The monoisotopic (exact) mass is 438 g/mol. The highest BCUT2D eigenvalue weighted by atomic mass is 16.5. The highest BCUT2D eigenvalue weighted by Crippen LogP contribution is 2.45. The van der Waals surface area contributed by atoms with Crippen LogP contribution < -0.4 is 0 Å². The van der Waals surface area contributed by atoms with Gasteiger partial charge in [-0.2, -0.15) is 0 Å². The van der Waals surface area contributed by atoms with Crippen LogP contribution in [0.3, 0.4) is 0 Å². The number of nitrogens with one attached hydrogen (secondary N) is 1. The number of benzene rings is 3. The minimum Gasteiger partial charge on any atom is -0.381 e. The molecule has 0 radical (unpaired) electrons. The van der Waals surface area contributed by atoms with E-state index in [0.717, 1.165) is 59.2 Å². The van der Waals surface area contributed by atoms with Crippen LogP contribution in [-0.4, -0.2) is 35.5 Å². The number of nitrogens with zero attached hydrogens (tertiary/aromatic N) is 1. The first kappa shape index (κ1) is 21.5. The molecule has 0 unspecified atom stereocenters. The van der Waals surface area contributed by atoms with Crippen LogP contribution in [0.15, 0.2) is 78.9 Å². The molecule has 0 bridgehead atoms. The molecule has 1 aromatic heterocycles. The third-order valence-electron chi connectivity index (χ3n) is 6.47. The number of carbonyl (C=O) groups excluding carboxylic acids is 1. The van der Waals surface area contributed by atoms with E-state index in [1.165, 1.54) is 5.56 Å². The quantitative estimate of drug-likeness (QED) is 0.300. The van der Waals surface area contributed by atoms with E-state index in [0.29, 0.717) is 13.2 Å². The lowest BCUT2D eigenvalue weighted by Crippen LogP contribution is -2.30. The van der Waals surface area contributed by atoms with Crippen molar-refractivity contribution in [1.82, 2.24) is 9.88 Å². The molecule has 3 aromatic carbocycles. The topological polar surface area (TPSA) is 45.3 Å². The maximum Gasteiger partial charge on any atom is 0.255 e. The number of rotatable bonds is 9. The van der Waals surface area contributed by atoms with Crippen molar-refractivity contribution in [3.63, 3.8) is 0 Å². The van der Waals surface area contributed by atoms with Crippen LogP contribution in [0.1, 0.15) is 53.7 Å². The van der Waals surface area contributed by atoms with Crippen LogP contribution in [0.5, 0.6) is 0 Å². The molecule has 1 atom stereocenters. The summed E-state index contributed by atoms with van der Waals surface area (Å²) >= 11 is 0. The first-order valence-corrected chi connectivity index (χ1v) is 11.9. The number of fused-ring (bicyclic) bond motifs is 2. The second-order valence-corrected chi connectivity index (χ2v) is 8.63. The van der Waals surface area contributed by atoms with Gasteiger partial charge in [0.1, 0.15) is 0 Å². The van der Waals surface area contributed by atoms with Crippen LogP contribution in [0.2, 0.25) is 0 Å². The normalized spacial score (nSPS) is 15.4. The molecule has 0 aliphatic carbocycles. The molecule has 4 nitrogen and oxygen atoms in total. The van der Waals surface area contributed by atoms with Gasteiger partial charge in [-0.05, 0) is 36.1 Å². The number of amides is 1. The lowest BCUT2D eigenvalue weighted by molar-refractivity contribution is 0.0710. The smallest absolute Gasteiger partial charge is 0.255 e. The van der Waals surface area contributed by atoms with Gasteiger partial charge in [-0.15, -0.1) is 0 Å². The fourth-order valence-electron chi connectivity index (χ4n) is 4.88. The van der Waals surface area contributed by atoms with Gasteiger partial charge in [0.2, 0.25) is 0 Å². The molecule has 33 heavy (non-hydrogen) atoms. The molecule has 168 valence electrons. The molecular weight excluding hydrogens is 408 g/mol.